The highest BCUT2D eigenvalue weighted by Gasteiger charge is 2.39. The van der Waals surface area contributed by atoms with Gasteiger partial charge in [0.05, 0.1) is 6.04 Å². The fourth-order valence-electron chi connectivity index (χ4n) is 3.92. The molecule has 3 heteroatoms. The van der Waals surface area contributed by atoms with Crippen molar-refractivity contribution in [2.75, 3.05) is 14.2 Å². The molecule has 1 N–H and O–H groups in total. The van der Waals surface area contributed by atoms with Gasteiger partial charge in [0.15, 0.2) is 6.29 Å². The van der Waals surface area contributed by atoms with Crippen LogP contribution in [0.25, 0.3) is 0 Å². The third kappa shape index (κ3) is 4.52. The van der Waals surface area contributed by atoms with Crippen molar-refractivity contribution in [3.63, 3.8) is 0 Å². The number of hydrogen-bond acceptors (Lipinski definition) is 3. The van der Waals surface area contributed by atoms with Gasteiger partial charge >= 0.3 is 0 Å². The highest BCUT2D eigenvalue weighted by Crippen LogP contribution is 2.45. The van der Waals surface area contributed by atoms with Crippen LogP contribution in [0.15, 0.2) is 0 Å². The summed E-state index contributed by atoms with van der Waals surface area (Å²) in [6.45, 7) is 11.6. The van der Waals surface area contributed by atoms with Gasteiger partial charge in [0.1, 0.15) is 0 Å². The van der Waals surface area contributed by atoms with Crippen LogP contribution in [0.5, 0.6) is 0 Å². The van der Waals surface area contributed by atoms with Gasteiger partial charge in [0, 0.05) is 20.3 Å². The third-order valence-electron chi connectivity index (χ3n) is 3.93. The van der Waals surface area contributed by atoms with Crippen LogP contribution in [0, 0.1) is 10.8 Å². The Hall–Kier alpha value is -0.120. The van der Waals surface area contributed by atoms with Crippen LogP contribution in [0.4, 0.5) is 0 Å². The first-order valence-electron chi connectivity index (χ1n) is 7.01. The zero-order valence-electron chi connectivity index (χ0n) is 13.2. The summed E-state index contributed by atoms with van der Waals surface area (Å²) in [4.78, 5) is 0. The van der Waals surface area contributed by atoms with Crippen LogP contribution >= 0.6 is 0 Å². The van der Waals surface area contributed by atoms with Crippen molar-refractivity contribution in [1.29, 1.82) is 0 Å². The number of rotatable bonds is 5. The molecule has 1 aliphatic carbocycles. The van der Waals surface area contributed by atoms with Crippen LogP contribution in [-0.4, -0.2) is 32.6 Å². The van der Waals surface area contributed by atoms with Gasteiger partial charge in [-0.15, -0.1) is 0 Å². The molecule has 0 aromatic carbocycles. The summed E-state index contributed by atoms with van der Waals surface area (Å²) in [6, 6.07) is 0.765. The molecule has 18 heavy (non-hydrogen) atoms. The van der Waals surface area contributed by atoms with Crippen LogP contribution in [0.1, 0.15) is 53.9 Å². The summed E-state index contributed by atoms with van der Waals surface area (Å²) < 4.78 is 10.6. The first-order valence-corrected chi connectivity index (χ1v) is 7.01. The molecule has 1 unspecified atom stereocenters. The van der Waals surface area contributed by atoms with Crippen molar-refractivity contribution in [2.45, 2.75) is 72.3 Å². The average molecular weight is 257 g/mol. The molecule has 108 valence electrons. The Kier molecular flexibility index (Phi) is 5.22. The van der Waals surface area contributed by atoms with E-state index in [1.54, 1.807) is 14.2 Å². The summed E-state index contributed by atoms with van der Waals surface area (Å²) >= 11 is 0. The molecule has 0 amide bonds. The lowest BCUT2D eigenvalue weighted by atomic mass is 9.63. The van der Waals surface area contributed by atoms with Crippen LogP contribution in [0.3, 0.4) is 0 Å². The summed E-state index contributed by atoms with van der Waals surface area (Å²) in [5.41, 5.74) is 0.823. The lowest BCUT2D eigenvalue weighted by Gasteiger charge is -2.46. The topological polar surface area (TPSA) is 30.5 Å². The van der Waals surface area contributed by atoms with Crippen LogP contribution in [0.2, 0.25) is 0 Å². The molecule has 1 atom stereocenters. The van der Waals surface area contributed by atoms with E-state index in [1.807, 2.05) is 0 Å². The standard InChI is InChI=1S/C15H31NO2/c1-11(13(17-6)18-7)16-12-8-14(2,3)10-15(4,5)9-12/h11-13,16H,8-10H2,1-7H3. The number of hydrogen-bond donors (Lipinski definition) is 1. The fraction of sp³-hybridized carbons (Fsp3) is 1.00. The van der Waals surface area contributed by atoms with E-state index in [1.165, 1.54) is 19.3 Å². The maximum Gasteiger partial charge on any atom is 0.171 e. The quantitative estimate of drug-likeness (QED) is 0.767. The fourth-order valence-corrected chi connectivity index (χ4v) is 3.92. The summed E-state index contributed by atoms with van der Waals surface area (Å²) in [5.74, 6) is 0. The Bertz CT molecular complexity index is 243. The molecule has 1 fully saturated rings. The molecule has 1 aliphatic rings. The predicted octanol–water partition coefficient (Wildman–Crippen LogP) is 3.19. The smallest absolute Gasteiger partial charge is 0.171 e. The maximum absolute atomic E-state index is 5.32. The molecule has 0 heterocycles. The lowest BCUT2D eigenvalue weighted by molar-refractivity contribution is -0.123. The van der Waals surface area contributed by atoms with Crippen LogP contribution < -0.4 is 5.32 Å². The molecular weight excluding hydrogens is 226 g/mol. The van der Waals surface area contributed by atoms with E-state index in [0.717, 1.165) is 0 Å². The van der Waals surface area contributed by atoms with Crippen molar-refractivity contribution in [3.05, 3.63) is 0 Å². The second-order valence-electron chi connectivity index (χ2n) is 7.41. The largest absolute Gasteiger partial charge is 0.354 e. The van der Waals surface area contributed by atoms with Gasteiger partial charge in [-0.2, -0.15) is 0 Å². The van der Waals surface area contributed by atoms with E-state index in [2.05, 4.69) is 39.9 Å². The molecule has 0 bridgehead atoms. The monoisotopic (exact) mass is 257 g/mol. The zero-order chi connectivity index (χ0) is 14.0. The van der Waals surface area contributed by atoms with E-state index in [9.17, 15) is 0 Å². The average Bonchev–Trinajstić information content (AvgIpc) is 2.13. The number of nitrogens with one attached hydrogen (secondary N) is 1. The van der Waals surface area contributed by atoms with Crippen molar-refractivity contribution < 1.29 is 9.47 Å². The molecule has 0 spiro atoms. The number of ether oxygens (including phenoxy) is 2. The zero-order valence-corrected chi connectivity index (χ0v) is 13.2. The van der Waals surface area contributed by atoms with Gasteiger partial charge in [-0.3, -0.25) is 0 Å². The Morgan fingerprint density at radius 3 is 1.83 bits per heavy atom. The van der Waals surface area contributed by atoms with Gasteiger partial charge < -0.3 is 14.8 Å². The SMILES string of the molecule is COC(OC)C(C)NC1CC(C)(C)CC(C)(C)C1. The minimum absolute atomic E-state index is 0.168. The van der Waals surface area contributed by atoms with Gasteiger partial charge in [-0.1, -0.05) is 27.7 Å². The molecule has 0 saturated heterocycles. The molecule has 0 radical (unpaired) electrons. The molecule has 1 rings (SSSR count). The lowest BCUT2D eigenvalue weighted by Crippen LogP contribution is -2.50. The summed E-state index contributed by atoms with van der Waals surface area (Å²) in [7, 11) is 3.39. The van der Waals surface area contributed by atoms with E-state index in [4.69, 9.17) is 9.47 Å². The molecule has 0 aromatic heterocycles. The number of methoxy groups -OCH3 is 2. The van der Waals surface area contributed by atoms with Crippen molar-refractivity contribution >= 4 is 0 Å². The Labute approximate surface area is 113 Å². The second kappa shape index (κ2) is 5.89. The highest BCUT2D eigenvalue weighted by atomic mass is 16.7. The van der Waals surface area contributed by atoms with Gasteiger partial charge in [-0.05, 0) is 37.0 Å². The molecule has 0 aliphatic heterocycles. The van der Waals surface area contributed by atoms with Crippen molar-refractivity contribution in [2.24, 2.45) is 10.8 Å². The first-order chi connectivity index (χ1) is 8.19. The minimum Gasteiger partial charge on any atom is -0.354 e. The predicted molar refractivity (Wildman–Crippen MR) is 75.6 cm³/mol. The Morgan fingerprint density at radius 1 is 1.00 bits per heavy atom. The molecule has 0 aromatic rings. The molecule has 1 saturated carbocycles. The van der Waals surface area contributed by atoms with Crippen molar-refractivity contribution in [1.82, 2.24) is 5.32 Å². The van der Waals surface area contributed by atoms with E-state index in [-0.39, 0.29) is 12.3 Å². The van der Waals surface area contributed by atoms with Gasteiger partial charge in [0.25, 0.3) is 0 Å². The summed E-state index contributed by atoms with van der Waals surface area (Å²) in [5, 5.41) is 3.68. The minimum atomic E-state index is -0.168. The molecule has 3 nitrogen and oxygen atoms in total. The van der Waals surface area contributed by atoms with Gasteiger partial charge in [-0.25, -0.2) is 0 Å². The van der Waals surface area contributed by atoms with E-state index in [0.29, 0.717) is 16.9 Å². The van der Waals surface area contributed by atoms with E-state index >= 15 is 0 Å². The van der Waals surface area contributed by atoms with Crippen LogP contribution in [-0.2, 0) is 9.47 Å². The second-order valence-corrected chi connectivity index (χ2v) is 7.41. The Balaban J connectivity index is 2.61. The normalized spacial score (nSPS) is 25.3. The Morgan fingerprint density at radius 2 is 1.44 bits per heavy atom. The maximum atomic E-state index is 5.32. The highest BCUT2D eigenvalue weighted by molar-refractivity contribution is 4.93. The van der Waals surface area contributed by atoms with E-state index < -0.39 is 0 Å². The van der Waals surface area contributed by atoms with Gasteiger partial charge in [0.2, 0.25) is 0 Å². The first kappa shape index (κ1) is 15.9. The van der Waals surface area contributed by atoms with Crippen molar-refractivity contribution in [3.8, 4) is 0 Å². The summed E-state index contributed by atoms with van der Waals surface area (Å²) in [6.07, 6.45) is 3.57. The molecular formula is C15H31NO2. The third-order valence-corrected chi connectivity index (χ3v) is 3.93.